The number of hydrogen-bond acceptors (Lipinski definition) is 7. The summed E-state index contributed by atoms with van der Waals surface area (Å²) < 4.78 is 16.2. The Balaban J connectivity index is 1.27. The molecule has 31 heavy (non-hydrogen) atoms. The minimum Gasteiger partial charge on any atom is -0.487 e. The van der Waals surface area contributed by atoms with Crippen LogP contribution in [0.5, 0.6) is 5.75 Å². The number of ether oxygens (including phenoxy) is 1. The fourth-order valence-corrected chi connectivity index (χ4v) is 2.99. The molecule has 1 amide bonds. The first-order valence-corrected chi connectivity index (χ1v) is 9.96. The van der Waals surface area contributed by atoms with Crippen LogP contribution in [0.3, 0.4) is 0 Å². The van der Waals surface area contributed by atoms with Gasteiger partial charge in [-0.1, -0.05) is 23.4 Å². The third-order valence-corrected chi connectivity index (χ3v) is 4.62. The van der Waals surface area contributed by atoms with Gasteiger partial charge in [-0.05, 0) is 48.9 Å². The standard InChI is InChI=1S/C23H22N4O4/c1-16(17-6-4-8-19(14-17)30-15-18-7-2-3-12-24-18)25-21(28)10-11-22-26-23(27-31-22)20-9-5-13-29-20/h2-9,12-14,16H,10-11,15H2,1H3,(H,25,28). The highest BCUT2D eigenvalue weighted by molar-refractivity contribution is 5.76. The summed E-state index contributed by atoms with van der Waals surface area (Å²) in [6, 6.07) is 16.7. The van der Waals surface area contributed by atoms with Crippen LogP contribution in [0.2, 0.25) is 0 Å². The van der Waals surface area contributed by atoms with Crippen LogP contribution in [0.25, 0.3) is 11.6 Å². The molecule has 0 aliphatic carbocycles. The summed E-state index contributed by atoms with van der Waals surface area (Å²) in [6.45, 7) is 2.31. The Morgan fingerprint density at radius 3 is 2.90 bits per heavy atom. The van der Waals surface area contributed by atoms with Gasteiger partial charge in [0.1, 0.15) is 12.4 Å². The number of nitrogens with one attached hydrogen (secondary N) is 1. The molecular formula is C23H22N4O4. The second-order valence-corrected chi connectivity index (χ2v) is 6.96. The maximum atomic E-state index is 12.4. The number of amides is 1. The number of aryl methyl sites for hydroxylation is 1. The van der Waals surface area contributed by atoms with Crippen molar-refractivity contribution >= 4 is 5.91 Å². The van der Waals surface area contributed by atoms with Crippen LogP contribution in [-0.2, 0) is 17.8 Å². The summed E-state index contributed by atoms with van der Waals surface area (Å²) in [5.41, 5.74) is 1.80. The molecule has 0 aliphatic rings. The molecule has 1 aromatic carbocycles. The van der Waals surface area contributed by atoms with Crippen molar-refractivity contribution in [3.8, 4) is 17.3 Å². The van der Waals surface area contributed by atoms with Crippen molar-refractivity contribution in [3.05, 3.63) is 84.2 Å². The minimum absolute atomic E-state index is 0.106. The molecule has 3 heterocycles. The number of aromatic nitrogens is 3. The zero-order valence-electron chi connectivity index (χ0n) is 17.0. The molecule has 158 valence electrons. The van der Waals surface area contributed by atoms with Crippen molar-refractivity contribution in [2.75, 3.05) is 0 Å². The minimum atomic E-state index is -0.174. The zero-order chi connectivity index (χ0) is 21.5. The predicted octanol–water partition coefficient (Wildman–Crippen LogP) is 4.11. The molecule has 1 atom stereocenters. The Bertz CT molecular complexity index is 1110. The Morgan fingerprint density at radius 2 is 2.10 bits per heavy atom. The fourth-order valence-electron chi connectivity index (χ4n) is 2.99. The van der Waals surface area contributed by atoms with E-state index in [1.54, 1.807) is 24.6 Å². The summed E-state index contributed by atoms with van der Waals surface area (Å²) in [4.78, 5) is 20.9. The molecule has 0 saturated carbocycles. The molecule has 0 saturated heterocycles. The molecule has 0 aliphatic heterocycles. The lowest BCUT2D eigenvalue weighted by Gasteiger charge is -2.15. The van der Waals surface area contributed by atoms with Gasteiger partial charge in [0.25, 0.3) is 0 Å². The van der Waals surface area contributed by atoms with E-state index in [-0.39, 0.29) is 18.4 Å². The van der Waals surface area contributed by atoms with Crippen LogP contribution >= 0.6 is 0 Å². The van der Waals surface area contributed by atoms with Gasteiger partial charge in [0.15, 0.2) is 5.76 Å². The number of pyridine rings is 1. The quantitative estimate of drug-likeness (QED) is 0.436. The Kier molecular flexibility index (Phi) is 6.37. The molecular weight excluding hydrogens is 396 g/mol. The largest absolute Gasteiger partial charge is 0.487 e. The van der Waals surface area contributed by atoms with E-state index in [1.807, 2.05) is 49.4 Å². The van der Waals surface area contributed by atoms with Crippen molar-refractivity contribution < 1.29 is 18.5 Å². The zero-order valence-corrected chi connectivity index (χ0v) is 17.0. The topological polar surface area (TPSA) is 103 Å². The van der Waals surface area contributed by atoms with Gasteiger partial charge in [-0.3, -0.25) is 9.78 Å². The van der Waals surface area contributed by atoms with Crippen LogP contribution in [0.15, 0.2) is 76.0 Å². The van der Waals surface area contributed by atoms with Crippen LogP contribution in [0.1, 0.15) is 36.5 Å². The molecule has 1 N–H and O–H groups in total. The average Bonchev–Trinajstić information content (AvgIpc) is 3.49. The van der Waals surface area contributed by atoms with E-state index in [2.05, 4.69) is 20.4 Å². The van der Waals surface area contributed by atoms with E-state index in [0.29, 0.717) is 30.5 Å². The summed E-state index contributed by atoms with van der Waals surface area (Å²) in [5, 5.41) is 6.85. The van der Waals surface area contributed by atoms with Crippen molar-refractivity contribution in [2.45, 2.75) is 32.4 Å². The number of carbonyl (C=O) groups is 1. The number of furan rings is 1. The van der Waals surface area contributed by atoms with E-state index < -0.39 is 0 Å². The van der Waals surface area contributed by atoms with Gasteiger partial charge < -0.3 is 19.0 Å². The van der Waals surface area contributed by atoms with Gasteiger partial charge in [-0.25, -0.2) is 0 Å². The van der Waals surface area contributed by atoms with Gasteiger partial charge in [-0.15, -0.1) is 0 Å². The summed E-state index contributed by atoms with van der Waals surface area (Å²) in [7, 11) is 0. The molecule has 4 rings (SSSR count). The molecule has 8 nitrogen and oxygen atoms in total. The number of hydrogen-bond donors (Lipinski definition) is 1. The SMILES string of the molecule is CC(NC(=O)CCc1nc(-c2ccco2)no1)c1cccc(OCc2ccccn2)c1. The van der Waals surface area contributed by atoms with Crippen LogP contribution < -0.4 is 10.1 Å². The van der Waals surface area contributed by atoms with E-state index in [4.69, 9.17) is 13.7 Å². The average molecular weight is 418 g/mol. The first kappa shape index (κ1) is 20.3. The van der Waals surface area contributed by atoms with Crippen LogP contribution in [-0.4, -0.2) is 21.0 Å². The van der Waals surface area contributed by atoms with Gasteiger partial charge in [0.2, 0.25) is 17.6 Å². The molecule has 0 bridgehead atoms. The molecule has 0 fully saturated rings. The lowest BCUT2D eigenvalue weighted by atomic mass is 10.1. The second-order valence-electron chi connectivity index (χ2n) is 6.96. The fraction of sp³-hybridized carbons (Fsp3) is 0.217. The highest BCUT2D eigenvalue weighted by Crippen LogP contribution is 2.20. The number of nitrogens with zero attached hydrogens (tertiary/aromatic N) is 3. The van der Waals surface area contributed by atoms with Crippen LogP contribution in [0, 0.1) is 0 Å². The van der Waals surface area contributed by atoms with Crippen molar-refractivity contribution in [3.63, 3.8) is 0 Å². The third kappa shape index (κ3) is 5.57. The third-order valence-electron chi connectivity index (χ3n) is 4.62. The lowest BCUT2D eigenvalue weighted by molar-refractivity contribution is -0.121. The van der Waals surface area contributed by atoms with E-state index >= 15 is 0 Å². The van der Waals surface area contributed by atoms with Crippen LogP contribution in [0.4, 0.5) is 0 Å². The van der Waals surface area contributed by atoms with Gasteiger partial charge in [0, 0.05) is 19.0 Å². The van der Waals surface area contributed by atoms with Crippen molar-refractivity contribution in [1.29, 1.82) is 0 Å². The smallest absolute Gasteiger partial charge is 0.238 e. The number of benzene rings is 1. The monoisotopic (exact) mass is 418 g/mol. The Labute approximate surface area is 179 Å². The number of carbonyl (C=O) groups excluding carboxylic acids is 1. The number of rotatable bonds is 9. The normalized spacial score (nSPS) is 11.8. The van der Waals surface area contributed by atoms with Crippen molar-refractivity contribution in [1.82, 2.24) is 20.4 Å². The van der Waals surface area contributed by atoms with E-state index in [1.165, 1.54) is 0 Å². The molecule has 0 radical (unpaired) electrons. The summed E-state index contributed by atoms with van der Waals surface area (Å²) in [6.07, 6.45) is 3.86. The highest BCUT2D eigenvalue weighted by Gasteiger charge is 2.14. The molecule has 0 spiro atoms. The van der Waals surface area contributed by atoms with E-state index in [0.717, 1.165) is 17.0 Å². The predicted molar refractivity (Wildman–Crippen MR) is 112 cm³/mol. The Hall–Kier alpha value is -3.94. The Morgan fingerprint density at radius 1 is 1.16 bits per heavy atom. The van der Waals surface area contributed by atoms with Crippen molar-refractivity contribution in [2.24, 2.45) is 0 Å². The first-order chi connectivity index (χ1) is 15.2. The van der Waals surface area contributed by atoms with Gasteiger partial charge >= 0.3 is 0 Å². The second kappa shape index (κ2) is 9.71. The summed E-state index contributed by atoms with van der Waals surface area (Å²) >= 11 is 0. The maximum absolute atomic E-state index is 12.4. The molecule has 3 aromatic heterocycles. The summed E-state index contributed by atoms with van der Waals surface area (Å²) in [5.74, 6) is 1.90. The highest BCUT2D eigenvalue weighted by atomic mass is 16.5. The van der Waals surface area contributed by atoms with Gasteiger partial charge in [-0.2, -0.15) is 4.98 Å². The molecule has 8 heteroatoms. The maximum Gasteiger partial charge on any atom is 0.238 e. The molecule has 4 aromatic rings. The first-order valence-electron chi connectivity index (χ1n) is 9.96. The van der Waals surface area contributed by atoms with Gasteiger partial charge in [0.05, 0.1) is 18.0 Å². The lowest BCUT2D eigenvalue weighted by Crippen LogP contribution is -2.26. The van der Waals surface area contributed by atoms with E-state index in [9.17, 15) is 4.79 Å². The molecule has 1 unspecified atom stereocenters.